The lowest BCUT2D eigenvalue weighted by Crippen LogP contribution is -2.43. The molecule has 148 valence electrons. The third-order valence-corrected chi connectivity index (χ3v) is 4.50. The minimum atomic E-state index is -1.72. The van der Waals surface area contributed by atoms with Gasteiger partial charge in [-0.15, -0.1) is 0 Å². The van der Waals surface area contributed by atoms with Gasteiger partial charge in [-0.3, -0.25) is 4.79 Å². The van der Waals surface area contributed by atoms with Gasteiger partial charge in [0.2, 0.25) is 0 Å². The second kappa shape index (κ2) is 9.34. The first-order valence-electron chi connectivity index (χ1n) is 8.47. The maximum Gasteiger partial charge on any atom is 0.394 e. The molecule has 0 fully saturated rings. The molecule has 0 heterocycles. The fourth-order valence-electron chi connectivity index (χ4n) is 2.82. The van der Waals surface area contributed by atoms with Gasteiger partial charge in [0.1, 0.15) is 0 Å². The number of nitrogens with one attached hydrogen (secondary N) is 1. The molecule has 0 aromatic heterocycles. The van der Waals surface area contributed by atoms with Crippen molar-refractivity contribution in [3.8, 4) is 11.1 Å². The minimum absolute atomic E-state index is 0.165. The minimum Gasteiger partial charge on any atom is -0.479 e. The van der Waals surface area contributed by atoms with Crippen molar-refractivity contribution >= 4 is 29.4 Å². The summed E-state index contributed by atoms with van der Waals surface area (Å²) in [7, 11) is 0. The first kappa shape index (κ1) is 21.4. The summed E-state index contributed by atoms with van der Waals surface area (Å²) in [5.41, 5.74) is 3.70. The van der Waals surface area contributed by atoms with Crippen molar-refractivity contribution in [2.24, 2.45) is 0 Å². The second-order valence-electron chi connectivity index (χ2n) is 6.43. The van der Waals surface area contributed by atoms with Crippen LogP contribution in [0.15, 0.2) is 42.5 Å². The smallest absolute Gasteiger partial charge is 0.394 e. The van der Waals surface area contributed by atoms with Crippen LogP contribution < -0.4 is 5.32 Å². The van der Waals surface area contributed by atoms with Crippen LogP contribution in [-0.2, 0) is 20.8 Å². The van der Waals surface area contributed by atoms with E-state index in [2.05, 4.69) is 5.32 Å². The molecule has 8 heteroatoms. The van der Waals surface area contributed by atoms with Gasteiger partial charge in [-0.2, -0.15) is 0 Å². The molecule has 0 bridgehead atoms. The van der Waals surface area contributed by atoms with E-state index >= 15 is 0 Å². The average Bonchev–Trinajstić information content (AvgIpc) is 2.64. The Kier molecular flexibility index (Phi) is 7.14. The van der Waals surface area contributed by atoms with Crippen LogP contribution in [0.1, 0.15) is 17.5 Å². The SMILES string of the molecule is Cc1ccc(Cl)cc1-c1ccc(CC(CC(O)C(=O)O)NC(=O)C(=O)O)cc1. The number of hydrogen-bond acceptors (Lipinski definition) is 4. The number of aliphatic carboxylic acids is 2. The molecule has 2 aromatic carbocycles. The van der Waals surface area contributed by atoms with E-state index in [9.17, 15) is 19.5 Å². The van der Waals surface area contributed by atoms with E-state index in [-0.39, 0.29) is 12.8 Å². The van der Waals surface area contributed by atoms with Gasteiger partial charge in [-0.1, -0.05) is 41.9 Å². The Labute approximate surface area is 166 Å². The number of carboxylic acids is 2. The quantitative estimate of drug-likeness (QED) is 0.524. The number of rotatable bonds is 7. The summed E-state index contributed by atoms with van der Waals surface area (Å²) in [6, 6.07) is 12.0. The van der Waals surface area contributed by atoms with Crippen molar-refractivity contribution < 1.29 is 29.7 Å². The Morgan fingerprint density at radius 2 is 1.71 bits per heavy atom. The number of carboxylic acid groups (broad SMARTS) is 2. The summed E-state index contributed by atoms with van der Waals surface area (Å²) < 4.78 is 0. The van der Waals surface area contributed by atoms with Crippen molar-refractivity contribution in [1.29, 1.82) is 0 Å². The number of benzene rings is 2. The van der Waals surface area contributed by atoms with Gasteiger partial charge in [0.25, 0.3) is 0 Å². The van der Waals surface area contributed by atoms with Crippen LogP contribution in [0.4, 0.5) is 0 Å². The lowest BCUT2D eigenvalue weighted by molar-refractivity contribution is -0.151. The normalized spacial score (nSPS) is 12.8. The van der Waals surface area contributed by atoms with Gasteiger partial charge < -0.3 is 20.6 Å². The molecule has 0 saturated carbocycles. The molecule has 0 aliphatic heterocycles. The molecule has 1 amide bonds. The van der Waals surface area contributed by atoms with E-state index in [1.807, 2.05) is 31.2 Å². The zero-order valence-corrected chi connectivity index (χ0v) is 15.8. The van der Waals surface area contributed by atoms with Crippen LogP contribution in [0.25, 0.3) is 11.1 Å². The van der Waals surface area contributed by atoms with E-state index in [0.717, 1.165) is 22.3 Å². The molecule has 0 aliphatic carbocycles. The van der Waals surface area contributed by atoms with E-state index in [1.165, 1.54) is 0 Å². The Hall–Kier alpha value is -2.90. The summed E-state index contributed by atoms with van der Waals surface area (Å²) in [4.78, 5) is 33.1. The lowest BCUT2D eigenvalue weighted by Gasteiger charge is -2.19. The molecule has 2 unspecified atom stereocenters. The molecular formula is C20H20ClNO6. The predicted octanol–water partition coefficient (Wildman–Crippen LogP) is 2.26. The number of amides is 1. The van der Waals surface area contributed by atoms with Crippen molar-refractivity contribution in [3.63, 3.8) is 0 Å². The molecule has 2 atom stereocenters. The van der Waals surface area contributed by atoms with Gasteiger partial charge in [-0.25, -0.2) is 9.59 Å². The van der Waals surface area contributed by atoms with E-state index in [4.69, 9.17) is 21.8 Å². The van der Waals surface area contributed by atoms with Crippen LogP contribution in [0.2, 0.25) is 5.02 Å². The highest BCUT2D eigenvalue weighted by atomic mass is 35.5. The maximum absolute atomic E-state index is 11.5. The fourth-order valence-corrected chi connectivity index (χ4v) is 2.99. The molecule has 28 heavy (non-hydrogen) atoms. The average molecular weight is 406 g/mol. The van der Waals surface area contributed by atoms with E-state index < -0.39 is 30.0 Å². The van der Waals surface area contributed by atoms with Gasteiger partial charge in [0, 0.05) is 17.5 Å². The number of aliphatic hydroxyl groups excluding tert-OH is 1. The van der Waals surface area contributed by atoms with Crippen LogP contribution in [0.3, 0.4) is 0 Å². The van der Waals surface area contributed by atoms with Crippen molar-refractivity contribution in [2.75, 3.05) is 0 Å². The summed E-state index contributed by atoms with van der Waals surface area (Å²) in [6.45, 7) is 1.96. The highest BCUT2D eigenvalue weighted by Gasteiger charge is 2.24. The largest absolute Gasteiger partial charge is 0.479 e. The Morgan fingerprint density at radius 3 is 2.29 bits per heavy atom. The first-order chi connectivity index (χ1) is 13.2. The molecule has 0 saturated heterocycles. The van der Waals surface area contributed by atoms with Gasteiger partial charge in [0.15, 0.2) is 6.10 Å². The Balaban J connectivity index is 2.19. The maximum atomic E-state index is 11.5. The Morgan fingerprint density at radius 1 is 1.07 bits per heavy atom. The molecule has 2 aromatic rings. The standard InChI is InChI=1S/C20H20ClNO6/c1-11-2-7-14(21)9-16(11)13-5-3-12(4-6-13)8-15(10-17(23)19(25)26)22-18(24)20(27)28/h2-7,9,15,17,23H,8,10H2,1H3,(H,22,24)(H,25,26)(H,27,28). The summed E-state index contributed by atoms with van der Waals surface area (Å²) >= 11 is 6.06. The molecule has 0 spiro atoms. The topological polar surface area (TPSA) is 124 Å². The molecule has 2 rings (SSSR count). The zero-order chi connectivity index (χ0) is 20.8. The zero-order valence-electron chi connectivity index (χ0n) is 15.1. The van der Waals surface area contributed by atoms with Crippen molar-refractivity contribution in [1.82, 2.24) is 5.32 Å². The van der Waals surface area contributed by atoms with E-state index in [0.29, 0.717) is 5.02 Å². The lowest BCUT2D eigenvalue weighted by atomic mass is 9.96. The number of halogens is 1. The Bertz CT molecular complexity index is 881. The molecule has 4 N–H and O–H groups in total. The first-order valence-corrected chi connectivity index (χ1v) is 8.85. The van der Waals surface area contributed by atoms with Gasteiger partial charge >= 0.3 is 17.8 Å². The van der Waals surface area contributed by atoms with Crippen molar-refractivity contribution in [2.45, 2.75) is 31.9 Å². The summed E-state index contributed by atoms with van der Waals surface area (Å²) in [5.74, 6) is -4.38. The number of carbonyl (C=O) groups is 3. The van der Waals surface area contributed by atoms with Crippen LogP contribution >= 0.6 is 11.6 Å². The second-order valence-corrected chi connectivity index (χ2v) is 6.86. The third-order valence-electron chi connectivity index (χ3n) is 4.27. The van der Waals surface area contributed by atoms with Crippen LogP contribution in [-0.4, -0.2) is 45.3 Å². The van der Waals surface area contributed by atoms with Crippen LogP contribution in [0.5, 0.6) is 0 Å². The van der Waals surface area contributed by atoms with Gasteiger partial charge in [0.05, 0.1) is 0 Å². The number of carbonyl (C=O) groups excluding carboxylic acids is 1. The highest BCUT2D eigenvalue weighted by Crippen LogP contribution is 2.27. The number of hydrogen-bond donors (Lipinski definition) is 4. The van der Waals surface area contributed by atoms with Crippen LogP contribution in [0, 0.1) is 6.92 Å². The number of aliphatic hydroxyl groups is 1. The number of aryl methyl sites for hydroxylation is 1. The molecule has 7 nitrogen and oxygen atoms in total. The molecule has 0 aliphatic rings. The summed E-state index contributed by atoms with van der Waals surface area (Å²) in [6.07, 6.45) is -1.87. The highest BCUT2D eigenvalue weighted by molar-refractivity contribution is 6.31. The monoisotopic (exact) mass is 405 g/mol. The third kappa shape index (κ3) is 5.80. The predicted molar refractivity (Wildman–Crippen MR) is 103 cm³/mol. The van der Waals surface area contributed by atoms with E-state index in [1.54, 1.807) is 18.2 Å². The van der Waals surface area contributed by atoms with Gasteiger partial charge in [-0.05, 0) is 47.7 Å². The molecule has 0 radical (unpaired) electrons. The fraction of sp³-hybridized carbons (Fsp3) is 0.250. The summed E-state index contributed by atoms with van der Waals surface area (Å²) in [5, 5.41) is 30.0. The molecular weight excluding hydrogens is 386 g/mol. The van der Waals surface area contributed by atoms with Crippen molar-refractivity contribution in [3.05, 3.63) is 58.6 Å².